The van der Waals surface area contributed by atoms with E-state index in [4.69, 9.17) is 9.84 Å². The second-order valence-electron chi connectivity index (χ2n) is 6.32. The van der Waals surface area contributed by atoms with Gasteiger partial charge in [-0.2, -0.15) is 18.3 Å². The lowest BCUT2D eigenvalue weighted by atomic mass is 10.2. The summed E-state index contributed by atoms with van der Waals surface area (Å²) in [5, 5.41) is 15.2. The first-order valence-electron chi connectivity index (χ1n) is 7.26. The van der Waals surface area contributed by atoms with E-state index in [0.717, 1.165) is 10.9 Å². The molecule has 1 heterocycles. The molecule has 0 aliphatic heterocycles. The number of hydrogen-bond acceptors (Lipinski definition) is 5. The van der Waals surface area contributed by atoms with Crippen LogP contribution in [0, 0.1) is 0 Å². The fourth-order valence-corrected chi connectivity index (χ4v) is 1.74. The molecule has 0 aromatic carbocycles. The first kappa shape index (κ1) is 20.6. The minimum absolute atomic E-state index is 0.00883. The van der Waals surface area contributed by atoms with Crippen molar-refractivity contribution in [2.45, 2.75) is 52.1 Å². The van der Waals surface area contributed by atoms with Crippen LogP contribution >= 0.6 is 0 Å². The summed E-state index contributed by atoms with van der Waals surface area (Å²) in [6.07, 6.45) is -4.26. The van der Waals surface area contributed by atoms with E-state index < -0.39 is 47.9 Å². The molecule has 0 saturated carbocycles. The van der Waals surface area contributed by atoms with Gasteiger partial charge in [-0.15, -0.1) is 0 Å². The fourth-order valence-electron chi connectivity index (χ4n) is 1.74. The SMILES string of the molecule is CC(Cn1cc(OCC(F)(F)F)c(C(=O)O)n1)NC(=O)OC(C)(C)C. The summed E-state index contributed by atoms with van der Waals surface area (Å²) in [6, 6.07) is -0.521. The van der Waals surface area contributed by atoms with Gasteiger partial charge >= 0.3 is 18.2 Å². The highest BCUT2D eigenvalue weighted by atomic mass is 19.4. The number of alkyl carbamates (subject to hydrolysis) is 1. The van der Waals surface area contributed by atoms with Crippen molar-refractivity contribution in [1.29, 1.82) is 0 Å². The lowest BCUT2D eigenvalue weighted by Crippen LogP contribution is -2.39. The molecule has 1 rings (SSSR count). The van der Waals surface area contributed by atoms with Gasteiger partial charge in [0, 0.05) is 6.04 Å². The molecule has 0 aliphatic rings. The zero-order valence-corrected chi connectivity index (χ0v) is 14.2. The van der Waals surface area contributed by atoms with E-state index in [2.05, 4.69) is 15.2 Å². The third kappa shape index (κ3) is 7.77. The molecular formula is C14H20F3N3O5. The monoisotopic (exact) mass is 367 g/mol. The smallest absolute Gasteiger partial charge is 0.422 e. The highest BCUT2D eigenvalue weighted by Gasteiger charge is 2.30. The van der Waals surface area contributed by atoms with Gasteiger partial charge in [0.1, 0.15) is 5.60 Å². The third-order valence-corrected chi connectivity index (χ3v) is 2.55. The Morgan fingerprint density at radius 3 is 2.44 bits per heavy atom. The van der Waals surface area contributed by atoms with Crippen LogP contribution in [0.15, 0.2) is 6.20 Å². The lowest BCUT2D eigenvalue weighted by Gasteiger charge is -2.21. The van der Waals surface area contributed by atoms with Crippen LogP contribution < -0.4 is 10.1 Å². The average molecular weight is 367 g/mol. The van der Waals surface area contributed by atoms with Crippen LogP contribution in [0.25, 0.3) is 0 Å². The Kier molecular flexibility index (Phi) is 6.27. The summed E-state index contributed by atoms with van der Waals surface area (Å²) < 4.78 is 47.2. The Labute approximate surface area is 141 Å². The summed E-state index contributed by atoms with van der Waals surface area (Å²) in [5.74, 6) is -2.03. The van der Waals surface area contributed by atoms with Crippen molar-refractivity contribution in [1.82, 2.24) is 15.1 Å². The van der Waals surface area contributed by atoms with Gasteiger partial charge in [0.15, 0.2) is 12.4 Å². The molecule has 1 atom stereocenters. The molecule has 0 bridgehead atoms. The van der Waals surface area contributed by atoms with Crippen molar-refractivity contribution in [2.24, 2.45) is 0 Å². The van der Waals surface area contributed by atoms with Crippen molar-refractivity contribution in [3.8, 4) is 5.75 Å². The van der Waals surface area contributed by atoms with Crippen molar-refractivity contribution in [3.05, 3.63) is 11.9 Å². The van der Waals surface area contributed by atoms with E-state index in [1.165, 1.54) is 0 Å². The number of carbonyl (C=O) groups excluding carboxylic acids is 1. The lowest BCUT2D eigenvalue weighted by molar-refractivity contribution is -0.153. The zero-order valence-electron chi connectivity index (χ0n) is 14.2. The molecule has 11 heteroatoms. The second-order valence-corrected chi connectivity index (χ2v) is 6.32. The summed E-state index contributed by atoms with van der Waals surface area (Å²) in [5.41, 5.74) is -1.33. The minimum Gasteiger partial charge on any atom is -0.480 e. The fraction of sp³-hybridized carbons (Fsp3) is 0.643. The number of carboxylic acid groups (broad SMARTS) is 1. The Morgan fingerprint density at radius 1 is 1.36 bits per heavy atom. The predicted octanol–water partition coefficient (Wildman–Crippen LogP) is 2.44. The average Bonchev–Trinajstić information content (AvgIpc) is 2.75. The van der Waals surface area contributed by atoms with E-state index in [0.29, 0.717) is 0 Å². The molecule has 2 N–H and O–H groups in total. The summed E-state index contributed by atoms with van der Waals surface area (Å²) in [6.45, 7) is 5.04. The van der Waals surface area contributed by atoms with Gasteiger partial charge in [-0.3, -0.25) is 4.68 Å². The number of carbonyl (C=O) groups is 2. The topological polar surface area (TPSA) is 103 Å². The number of halogens is 3. The molecule has 1 amide bonds. The van der Waals surface area contributed by atoms with Crippen molar-refractivity contribution < 1.29 is 37.3 Å². The van der Waals surface area contributed by atoms with Crippen molar-refractivity contribution in [2.75, 3.05) is 6.61 Å². The molecular weight excluding hydrogens is 347 g/mol. The normalized spacial score (nSPS) is 13.2. The van der Waals surface area contributed by atoms with E-state index in [-0.39, 0.29) is 6.54 Å². The Bertz CT molecular complexity index is 622. The first-order valence-corrected chi connectivity index (χ1v) is 7.26. The molecule has 1 aromatic rings. The van der Waals surface area contributed by atoms with Gasteiger partial charge in [0.2, 0.25) is 5.69 Å². The minimum atomic E-state index is -4.61. The van der Waals surface area contributed by atoms with Gasteiger partial charge in [-0.05, 0) is 27.7 Å². The molecule has 0 fully saturated rings. The molecule has 25 heavy (non-hydrogen) atoms. The largest absolute Gasteiger partial charge is 0.480 e. The maximum Gasteiger partial charge on any atom is 0.422 e. The first-order chi connectivity index (χ1) is 11.3. The molecule has 142 valence electrons. The molecule has 0 radical (unpaired) electrons. The number of nitrogens with zero attached hydrogens (tertiary/aromatic N) is 2. The van der Waals surface area contributed by atoms with Crippen LogP contribution in [0.4, 0.5) is 18.0 Å². The summed E-state index contributed by atoms with van der Waals surface area (Å²) in [7, 11) is 0. The van der Waals surface area contributed by atoms with Crippen LogP contribution in [-0.2, 0) is 11.3 Å². The van der Waals surface area contributed by atoms with E-state index >= 15 is 0 Å². The number of aromatic carboxylic acids is 1. The number of carboxylic acids is 1. The highest BCUT2D eigenvalue weighted by molar-refractivity contribution is 5.88. The van der Waals surface area contributed by atoms with Crippen molar-refractivity contribution >= 4 is 12.1 Å². The molecule has 8 nitrogen and oxygen atoms in total. The number of aromatic nitrogens is 2. The van der Waals surface area contributed by atoms with Crippen molar-refractivity contribution in [3.63, 3.8) is 0 Å². The Hall–Kier alpha value is -2.46. The zero-order chi connectivity index (χ0) is 19.4. The van der Waals surface area contributed by atoms with Crippen LogP contribution in [0.2, 0.25) is 0 Å². The maximum atomic E-state index is 12.2. The van der Waals surface area contributed by atoms with Crippen LogP contribution in [-0.4, -0.2) is 51.4 Å². The van der Waals surface area contributed by atoms with Crippen LogP contribution in [0.1, 0.15) is 38.2 Å². The molecule has 0 aliphatic carbocycles. The third-order valence-electron chi connectivity index (χ3n) is 2.55. The molecule has 1 aromatic heterocycles. The summed E-state index contributed by atoms with van der Waals surface area (Å²) in [4.78, 5) is 22.7. The van der Waals surface area contributed by atoms with Gasteiger partial charge in [0.05, 0.1) is 12.7 Å². The van der Waals surface area contributed by atoms with Gasteiger partial charge in [0.25, 0.3) is 0 Å². The highest BCUT2D eigenvalue weighted by Crippen LogP contribution is 2.21. The maximum absolute atomic E-state index is 12.2. The molecule has 1 unspecified atom stereocenters. The van der Waals surface area contributed by atoms with E-state index in [9.17, 15) is 22.8 Å². The van der Waals surface area contributed by atoms with Gasteiger partial charge in [-0.1, -0.05) is 0 Å². The quantitative estimate of drug-likeness (QED) is 0.801. The van der Waals surface area contributed by atoms with Crippen LogP contribution in [0.3, 0.4) is 0 Å². The Morgan fingerprint density at radius 2 is 1.96 bits per heavy atom. The number of alkyl halides is 3. The predicted molar refractivity (Wildman–Crippen MR) is 79.6 cm³/mol. The second kappa shape index (κ2) is 7.62. The number of rotatable bonds is 6. The van der Waals surface area contributed by atoms with Crippen LogP contribution in [0.5, 0.6) is 5.75 Å². The number of amides is 1. The van der Waals surface area contributed by atoms with Gasteiger partial charge < -0.3 is 19.9 Å². The number of hydrogen-bond donors (Lipinski definition) is 2. The number of nitrogens with one attached hydrogen (secondary N) is 1. The van der Waals surface area contributed by atoms with E-state index in [1.54, 1.807) is 27.7 Å². The Balaban J connectivity index is 2.75. The molecule has 0 saturated heterocycles. The van der Waals surface area contributed by atoms with Gasteiger partial charge in [-0.25, -0.2) is 9.59 Å². The standard InChI is InChI=1S/C14H20F3N3O5/c1-8(18-12(23)25-13(2,3)4)5-20-6-9(10(19-20)11(21)22)24-7-14(15,16)17/h6,8H,5,7H2,1-4H3,(H,18,23)(H,21,22). The molecule has 0 spiro atoms. The van der Waals surface area contributed by atoms with E-state index in [1.807, 2.05) is 0 Å². The number of ether oxygens (including phenoxy) is 2. The summed E-state index contributed by atoms with van der Waals surface area (Å²) >= 11 is 0.